The topological polar surface area (TPSA) is 21.8 Å². The number of aryl methyl sites for hydroxylation is 2. The fourth-order valence-corrected chi connectivity index (χ4v) is 2.58. The molecule has 0 saturated carbocycles. The number of hydrogen-bond donors (Lipinski definition) is 0. The van der Waals surface area contributed by atoms with Gasteiger partial charge >= 0.3 is 0 Å². The third-order valence-corrected chi connectivity index (χ3v) is 3.76. The lowest BCUT2D eigenvalue weighted by Crippen LogP contribution is -2.13. The van der Waals surface area contributed by atoms with Gasteiger partial charge in [-0.2, -0.15) is 0 Å². The highest BCUT2D eigenvalue weighted by Crippen LogP contribution is 2.31. The standard InChI is InChI=1S/C18H20O2/c1-13-7-6-8-14(2)17(13)18(20-12-16-11-19-16)15-9-4-3-5-10-15/h3-10,16,18H,11-12H2,1-2H3/t16-,18-/m1/s1. The molecule has 0 N–H and O–H groups in total. The Kier molecular flexibility index (Phi) is 3.86. The second-order valence-electron chi connectivity index (χ2n) is 5.38. The average Bonchev–Trinajstić information content (AvgIpc) is 3.27. The van der Waals surface area contributed by atoms with Crippen LogP contribution in [0.25, 0.3) is 0 Å². The van der Waals surface area contributed by atoms with E-state index in [0.717, 1.165) is 6.61 Å². The summed E-state index contributed by atoms with van der Waals surface area (Å²) in [5, 5.41) is 0. The van der Waals surface area contributed by atoms with Gasteiger partial charge in [-0.15, -0.1) is 0 Å². The summed E-state index contributed by atoms with van der Waals surface area (Å²) in [6.45, 7) is 5.78. The summed E-state index contributed by atoms with van der Waals surface area (Å²) in [4.78, 5) is 0. The zero-order chi connectivity index (χ0) is 13.9. The van der Waals surface area contributed by atoms with Gasteiger partial charge in [-0.05, 0) is 36.1 Å². The number of benzene rings is 2. The molecule has 0 radical (unpaired) electrons. The zero-order valence-corrected chi connectivity index (χ0v) is 12.0. The molecule has 1 fully saturated rings. The van der Waals surface area contributed by atoms with Gasteiger partial charge in [0.1, 0.15) is 12.2 Å². The van der Waals surface area contributed by atoms with Crippen molar-refractivity contribution in [1.29, 1.82) is 0 Å². The van der Waals surface area contributed by atoms with E-state index in [4.69, 9.17) is 9.47 Å². The van der Waals surface area contributed by atoms with Crippen molar-refractivity contribution >= 4 is 0 Å². The first-order valence-corrected chi connectivity index (χ1v) is 7.10. The van der Waals surface area contributed by atoms with Gasteiger partial charge in [0.15, 0.2) is 0 Å². The van der Waals surface area contributed by atoms with E-state index in [1.807, 2.05) is 6.07 Å². The Labute approximate surface area is 120 Å². The summed E-state index contributed by atoms with van der Waals surface area (Å²) in [5.74, 6) is 0. The first-order chi connectivity index (χ1) is 9.75. The van der Waals surface area contributed by atoms with Crippen LogP contribution in [0.15, 0.2) is 48.5 Å². The van der Waals surface area contributed by atoms with Crippen LogP contribution in [0.4, 0.5) is 0 Å². The van der Waals surface area contributed by atoms with Gasteiger partial charge in [-0.3, -0.25) is 0 Å². The molecule has 1 aliphatic rings. The first kappa shape index (κ1) is 13.3. The van der Waals surface area contributed by atoms with Crippen molar-refractivity contribution in [3.05, 3.63) is 70.8 Å². The van der Waals surface area contributed by atoms with Gasteiger partial charge in [-0.25, -0.2) is 0 Å². The van der Waals surface area contributed by atoms with E-state index >= 15 is 0 Å². The van der Waals surface area contributed by atoms with E-state index in [9.17, 15) is 0 Å². The van der Waals surface area contributed by atoms with Crippen LogP contribution in [-0.2, 0) is 9.47 Å². The van der Waals surface area contributed by atoms with Gasteiger partial charge in [0.2, 0.25) is 0 Å². The number of hydrogen-bond acceptors (Lipinski definition) is 2. The maximum absolute atomic E-state index is 6.17. The van der Waals surface area contributed by atoms with E-state index in [0.29, 0.717) is 6.61 Å². The van der Waals surface area contributed by atoms with Crippen LogP contribution < -0.4 is 0 Å². The molecule has 2 atom stereocenters. The summed E-state index contributed by atoms with van der Waals surface area (Å²) in [6.07, 6.45) is 0.270. The van der Waals surface area contributed by atoms with Crippen molar-refractivity contribution < 1.29 is 9.47 Å². The SMILES string of the molecule is Cc1cccc(C)c1[C@H](OC[C@H]1CO1)c1ccccc1. The molecule has 0 aromatic heterocycles. The van der Waals surface area contributed by atoms with Crippen LogP contribution in [0.1, 0.15) is 28.4 Å². The second kappa shape index (κ2) is 5.78. The van der Waals surface area contributed by atoms with E-state index < -0.39 is 0 Å². The molecule has 20 heavy (non-hydrogen) atoms. The van der Waals surface area contributed by atoms with Crippen LogP contribution in [0, 0.1) is 13.8 Å². The Morgan fingerprint density at radius 2 is 1.70 bits per heavy atom. The molecule has 0 bridgehead atoms. The molecule has 2 nitrogen and oxygen atoms in total. The second-order valence-corrected chi connectivity index (χ2v) is 5.38. The van der Waals surface area contributed by atoms with E-state index in [-0.39, 0.29) is 12.2 Å². The van der Waals surface area contributed by atoms with Crippen molar-refractivity contribution in [2.24, 2.45) is 0 Å². The fraction of sp³-hybridized carbons (Fsp3) is 0.333. The van der Waals surface area contributed by atoms with E-state index in [2.05, 4.69) is 56.3 Å². The maximum Gasteiger partial charge on any atom is 0.108 e. The largest absolute Gasteiger partial charge is 0.371 e. The summed E-state index contributed by atoms with van der Waals surface area (Å²) < 4.78 is 11.4. The summed E-state index contributed by atoms with van der Waals surface area (Å²) in [6, 6.07) is 16.8. The minimum absolute atomic E-state index is 0.0124. The lowest BCUT2D eigenvalue weighted by molar-refractivity contribution is 0.0665. The van der Waals surface area contributed by atoms with Crippen molar-refractivity contribution in [1.82, 2.24) is 0 Å². The number of rotatable bonds is 5. The molecule has 1 heterocycles. The van der Waals surface area contributed by atoms with Crippen LogP contribution in [0.5, 0.6) is 0 Å². The zero-order valence-electron chi connectivity index (χ0n) is 12.0. The van der Waals surface area contributed by atoms with Crippen LogP contribution in [0.2, 0.25) is 0 Å². The summed E-state index contributed by atoms with van der Waals surface area (Å²) in [5.41, 5.74) is 5.02. The summed E-state index contributed by atoms with van der Waals surface area (Å²) in [7, 11) is 0. The third kappa shape index (κ3) is 2.92. The Morgan fingerprint density at radius 1 is 1.05 bits per heavy atom. The molecule has 1 aliphatic heterocycles. The van der Waals surface area contributed by atoms with Crippen molar-refractivity contribution in [3.8, 4) is 0 Å². The third-order valence-electron chi connectivity index (χ3n) is 3.76. The number of epoxide rings is 1. The highest BCUT2D eigenvalue weighted by Gasteiger charge is 2.26. The molecule has 1 saturated heterocycles. The quantitative estimate of drug-likeness (QED) is 0.769. The molecule has 0 unspecified atom stereocenters. The Balaban J connectivity index is 1.95. The Bertz CT molecular complexity index is 553. The normalized spacial score (nSPS) is 18.8. The summed E-state index contributed by atoms with van der Waals surface area (Å²) >= 11 is 0. The van der Waals surface area contributed by atoms with Crippen LogP contribution >= 0.6 is 0 Å². The van der Waals surface area contributed by atoms with Crippen molar-refractivity contribution in [3.63, 3.8) is 0 Å². The smallest absolute Gasteiger partial charge is 0.108 e. The first-order valence-electron chi connectivity index (χ1n) is 7.10. The molecule has 0 aliphatic carbocycles. The molecule has 2 aromatic carbocycles. The Morgan fingerprint density at radius 3 is 2.30 bits per heavy atom. The van der Waals surface area contributed by atoms with Gasteiger partial charge in [0.25, 0.3) is 0 Å². The van der Waals surface area contributed by atoms with E-state index in [1.54, 1.807) is 0 Å². The predicted octanol–water partition coefficient (Wildman–Crippen LogP) is 3.81. The minimum Gasteiger partial charge on any atom is -0.371 e. The van der Waals surface area contributed by atoms with Gasteiger partial charge in [-0.1, -0.05) is 48.5 Å². The predicted molar refractivity (Wildman–Crippen MR) is 79.9 cm³/mol. The average molecular weight is 268 g/mol. The maximum atomic E-state index is 6.17. The Hall–Kier alpha value is -1.64. The molecule has 2 heteroatoms. The van der Waals surface area contributed by atoms with Gasteiger partial charge in [0, 0.05) is 0 Å². The van der Waals surface area contributed by atoms with Crippen molar-refractivity contribution in [2.45, 2.75) is 26.1 Å². The molecule has 0 spiro atoms. The number of ether oxygens (including phenoxy) is 2. The minimum atomic E-state index is -0.0124. The van der Waals surface area contributed by atoms with Gasteiger partial charge in [0.05, 0.1) is 13.2 Å². The van der Waals surface area contributed by atoms with Gasteiger partial charge < -0.3 is 9.47 Å². The van der Waals surface area contributed by atoms with E-state index in [1.165, 1.54) is 22.3 Å². The molecular formula is C18H20O2. The molecule has 104 valence electrons. The molecule has 0 amide bonds. The molecule has 3 rings (SSSR count). The molecule has 2 aromatic rings. The monoisotopic (exact) mass is 268 g/mol. The molecular weight excluding hydrogens is 248 g/mol. The fourth-order valence-electron chi connectivity index (χ4n) is 2.58. The van der Waals surface area contributed by atoms with Crippen LogP contribution in [0.3, 0.4) is 0 Å². The highest BCUT2D eigenvalue weighted by molar-refractivity contribution is 5.40. The highest BCUT2D eigenvalue weighted by atomic mass is 16.6. The lowest BCUT2D eigenvalue weighted by Gasteiger charge is -2.22. The van der Waals surface area contributed by atoms with Crippen LogP contribution in [-0.4, -0.2) is 19.3 Å². The van der Waals surface area contributed by atoms with Crippen molar-refractivity contribution in [2.75, 3.05) is 13.2 Å². The lowest BCUT2D eigenvalue weighted by atomic mass is 9.93.